The molecule has 2 amide bonds. The molecule has 0 atom stereocenters. The molecule has 0 aliphatic carbocycles. The zero-order chi connectivity index (χ0) is 14.7. The van der Waals surface area contributed by atoms with Gasteiger partial charge in [0, 0.05) is 24.7 Å². The van der Waals surface area contributed by atoms with Gasteiger partial charge in [0.15, 0.2) is 0 Å². The standard InChI is InChI=1S/C13H19N3O4/c1-8-11(9(2)20-15-8)7-12(17)16-5-3-10(4-6-16)14-13(18)19/h10,14H,3-7H2,1-2H3,(H,18,19). The van der Waals surface area contributed by atoms with Gasteiger partial charge in [0.1, 0.15) is 5.76 Å². The highest BCUT2D eigenvalue weighted by atomic mass is 16.5. The van der Waals surface area contributed by atoms with Crippen molar-refractivity contribution in [2.75, 3.05) is 13.1 Å². The summed E-state index contributed by atoms with van der Waals surface area (Å²) < 4.78 is 5.05. The molecule has 7 nitrogen and oxygen atoms in total. The Morgan fingerprint density at radius 1 is 1.40 bits per heavy atom. The van der Waals surface area contributed by atoms with Crippen LogP contribution in [0.1, 0.15) is 29.9 Å². The summed E-state index contributed by atoms with van der Waals surface area (Å²) in [7, 11) is 0. The summed E-state index contributed by atoms with van der Waals surface area (Å²) in [6.07, 6.45) is 0.586. The van der Waals surface area contributed by atoms with Crippen LogP contribution < -0.4 is 5.32 Å². The minimum absolute atomic E-state index is 0.0353. The maximum Gasteiger partial charge on any atom is 0.404 e. The molecule has 110 valence electrons. The molecular weight excluding hydrogens is 262 g/mol. The molecular formula is C13H19N3O4. The Morgan fingerprint density at radius 2 is 2.05 bits per heavy atom. The van der Waals surface area contributed by atoms with Gasteiger partial charge in [-0.15, -0.1) is 0 Å². The number of hydrogen-bond donors (Lipinski definition) is 2. The van der Waals surface area contributed by atoms with E-state index in [4.69, 9.17) is 9.63 Å². The Balaban J connectivity index is 1.88. The number of amides is 2. The van der Waals surface area contributed by atoms with Crippen LogP contribution in [0.25, 0.3) is 0 Å². The molecule has 0 saturated carbocycles. The van der Waals surface area contributed by atoms with E-state index in [1.54, 1.807) is 11.8 Å². The third-order valence-corrected chi connectivity index (χ3v) is 3.68. The van der Waals surface area contributed by atoms with Crippen LogP contribution in [0.3, 0.4) is 0 Å². The first-order valence-corrected chi connectivity index (χ1v) is 6.66. The van der Waals surface area contributed by atoms with Gasteiger partial charge < -0.3 is 19.8 Å². The lowest BCUT2D eigenvalue weighted by atomic mass is 10.0. The number of piperidine rings is 1. The van der Waals surface area contributed by atoms with Crippen LogP contribution in [0.4, 0.5) is 4.79 Å². The first kappa shape index (κ1) is 14.4. The number of nitrogens with one attached hydrogen (secondary N) is 1. The first-order valence-electron chi connectivity index (χ1n) is 6.66. The topological polar surface area (TPSA) is 95.7 Å². The molecule has 0 aromatic carbocycles. The molecule has 1 aromatic rings. The fraction of sp³-hybridized carbons (Fsp3) is 0.615. The van der Waals surface area contributed by atoms with Gasteiger partial charge in [-0.1, -0.05) is 5.16 Å². The zero-order valence-corrected chi connectivity index (χ0v) is 11.7. The quantitative estimate of drug-likeness (QED) is 0.864. The van der Waals surface area contributed by atoms with Gasteiger partial charge in [-0.3, -0.25) is 4.79 Å². The van der Waals surface area contributed by atoms with E-state index < -0.39 is 6.09 Å². The number of aromatic nitrogens is 1. The van der Waals surface area contributed by atoms with Gasteiger partial charge >= 0.3 is 6.09 Å². The van der Waals surface area contributed by atoms with Crippen molar-refractivity contribution in [3.05, 3.63) is 17.0 Å². The van der Waals surface area contributed by atoms with Crippen LogP contribution in [0.2, 0.25) is 0 Å². The van der Waals surface area contributed by atoms with Crippen molar-refractivity contribution < 1.29 is 19.2 Å². The highest BCUT2D eigenvalue weighted by molar-refractivity contribution is 5.79. The average Bonchev–Trinajstić information content (AvgIpc) is 2.70. The maximum absolute atomic E-state index is 12.2. The van der Waals surface area contributed by atoms with E-state index in [0.717, 1.165) is 11.3 Å². The largest absolute Gasteiger partial charge is 0.465 e. The number of nitrogens with zero attached hydrogens (tertiary/aromatic N) is 2. The van der Waals surface area contributed by atoms with E-state index in [1.807, 2.05) is 6.92 Å². The third-order valence-electron chi connectivity index (χ3n) is 3.68. The summed E-state index contributed by atoms with van der Waals surface area (Å²) >= 11 is 0. The van der Waals surface area contributed by atoms with Gasteiger partial charge in [0.2, 0.25) is 5.91 Å². The molecule has 1 aliphatic heterocycles. The van der Waals surface area contributed by atoms with Crippen LogP contribution in [0.5, 0.6) is 0 Å². The Kier molecular flexibility index (Phi) is 4.26. The molecule has 0 radical (unpaired) electrons. The summed E-state index contributed by atoms with van der Waals surface area (Å²) in [6, 6.07) is -0.0596. The summed E-state index contributed by atoms with van der Waals surface area (Å²) in [5.74, 6) is 0.714. The maximum atomic E-state index is 12.2. The molecule has 0 spiro atoms. The summed E-state index contributed by atoms with van der Waals surface area (Å²) in [5, 5.41) is 15.0. The minimum Gasteiger partial charge on any atom is -0.465 e. The van der Waals surface area contributed by atoms with Gasteiger partial charge in [-0.2, -0.15) is 0 Å². The molecule has 7 heteroatoms. The molecule has 1 saturated heterocycles. The fourth-order valence-corrected chi connectivity index (χ4v) is 2.47. The van der Waals surface area contributed by atoms with E-state index in [2.05, 4.69) is 10.5 Å². The lowest BCUT2D eigenvalue weighted by Crippen LogP contribution is -2.46. The van der Waals surface area contributed by atoms with Crippen LogP contribution in [-0.4, -0.2) is 46.3 Å². The number of carbonyl (C=O) groups excluding carboxylic acids is 1. The molecule has 2 rings (SSSR count). The van der Waals surface area contributed by atoms with Gasteiger partial charge in [-0.05, 0) is 26.7 Å². The van der Waals surface area contributed by atoms with E-state index in [9.17, 15) is 9.59 Å². The molecule has 1 fully saturated rings. The number of carboxylic acid groups (broad SMARTS) is 1. The lowest BCUT2D eigenvalue weighted by molar-refractivity contribution is -0.131. The Labute approximate surface area is 116 Å². The van der Waals surface area contributed by atoms with E-state index >= 15 is 0 Å². The van der Waals surface area contributed by atoms with Gasteiger partial charge in [-0.25, -0.2) is 4.79 Å². The minimum atomic E-state index is -1.01. The van der Waals surface area contributed by atoms with Crippen molar-refractivity contribution in [2.45, 2.75) is 39.2 Å². The van der Waals surface area contributed by atoms with Crippen molar-refractivity contribution in [1.29, 1.82) is 0 Å². The molecule has 0 unspecified atom stereocenters. The number of likely N-dealkylation sites (tertiary alicyclic amines) is 1. The predicted molar refractivity (Wildman–Crippen MR) is 70.4 cm³/mol. The van der Waals surface area contributed by atoms with Gasteiger partial charge in [0.25, 0.3) is 0 Å². The smallest absolute Gasteiger partial charge is 0.404 e. The normalized spacial score (nSPS) is 16.2. The SMILES string of the molecule is Cc1noc(C)c1CC(=O)N1CCC(NC(=O)O)CC1. The molecule has 1 aliphatic rings. The second-order valence-electron chi connectivity index (χ2n) is 5.08. The fourth-order valence-electron chi connectivity index (χ4n) is 2.47. The lowest BCUT2D eigenvalue weighted by Gasteiger charge is -2.31. The average molecular weight is 281 g/mol. The van der Waals surface area contributed by atoms with Crippen molar-refractivity contribution >= 4 is 12.0 Å². The van der Waals surface area contributed by atoms with Crippen LogP contribution in [-0.2, 0) is 11.2 Å². The molecule has 2 N–H and O–H groups in total. The van der Waals surface area contributed by atoms with Crippen LogP contribution in [0, 0.1) is 13.8 Å². The highest BCUT2D eigenvalue weighted by Crippen LogP contribution is 2.16. The highest BCUT2D eigenvalue weighted by Gasteiger charge is 2.25. The Hall–Kier alpha value is -2.05. The Morgan fingerprint density at radius 3 is 2.55 bits per heavy atom. The number of carbonyl (C=O) groups is 2. The number of hydrogen-bond acceptors (Lipinski definition) is 4. The second-order valence-corrected chi connectivity index (χ2v) is 5.08. The van der Waals surface area contributed by atoms with E-state index in [0.29, 0.717) is 31.7 Å². The van der Waals surface area contributed by atoms with Crippen molar-refractivity contribution in [3.63, 3.8) is 0 Å². The monoisotopic (exact) mass is 281 g/mol. The number of aryl methyl sites for hydroxylation is 2. The third kappa shape index (κ3) is 3.28. The van der Waals surface area contributed by atoms with Crippen molar-refractivity contribution in [1.82, 2.24) is 15.4 Å². The summed E-state index contributed by atoms with van der Waals surface area (Å²) in [4.78, 5) is 24.5. The predicted octanol–water partition coefficient (Wildman–Crippen LogP) is 1.09. The second kappa shape index (κ2) is 5.94. The number of rotatable bonds is 3. The van der Waals surface area contributed by atoms with E-state index in [1.165, 1.54) is 0 Å². The van der Waals surface area contributed by atoms with Crippen LogP contribution >= 0.6 is 0 Å². The summed E-state index contributed by atoms with van der Waals surface area (Å²) in [6.45, 7) is 4.77. The van der Waals surface area contributed by atoms with Crippen molar-refractivity contribution in [2.24, 2.45) is 0 Å². The molecule has 2 heterocycles. The van der Waals surface area contributed by atoms with Crippen LogP contribution in [0.15, 0.2) is 4.52 Å². The Bertz CT molecular complexity index is 484. The zero-order valence-electron chi connectivity index (χ0n) is 11.7. The molecule has 0 bridgehead atoms. The van der Waals surface area contributed by atoms with Crippen molar-refractivity contribution in [3.8, 4) is 0 Å². The molecule has 1 aromatic heterocycles. The van der Waals surface area contributed by atoms with E-state index in [-0.39, 0.29) is 18.4 Å². The van der Waals surface area contributed by atoms with Gasteiger partial charge in [0.05, 0.1) is 12.1 Å². The molecule has 20 heavy (non-hydrogen) atoms. The summed E-state index contributed by atoms with van der Waals surface area (Å²) in [5.41, 5.74) is 1.60. The first-order chi connectivity index (χ1) is 9.47.